The largest absolute Gasteiger partial charge is 0.339 e. The van der Waals surface area contributed by atoms with Gasteiger partial charge in [0, 0.05) is 17.8 Å². The number of fused-ring (bicyclic) bond motifs is 1. The Balaban J connectivity index is 2.49. The molecule has 0 aliphatic rings. The maximum atomic E-state index is 12.3. The van der Waals surface area contributed by atoms with Gasteiger partial charge in [-0.25, -0.2) is 0 Å². The van der Waals surface area contributed by atoms with E-state index in [1.54, 1.807) is 16.2 Å². The molecule has 1 aromatic heterocycles. The summed E-state index contributed by atoms with van der Waals surface area (Å²) in [6.07, 6.45) is 0. The molecule has 90 valence electrons. The van der Waals surface area contributed by atoms with Crippen molar-refractivity contribution in [3.05, 3.63) is 34.7 Å². The fourth-order valence-corrected chi connectivity index (χ4v) is 2.96. The summed E-state index contributed by atoms with van der Waals surface area (Å²) in [6, 6.07) is 8.40. The van der Waals surface area contributed by atoms with Crippen LogP contribution in [0.5, 0.6) is 0 Å². The minimum atomic E-state index is 0.124. The van der Waals surface area contributed by atoms with Crippen molar-refractivity contribution >= 4 is 27.3 Å². The van der Waals surface area contributed by atoms with E-state index in [2.05, 4.69) is 12.1 Å². The molecule has 0 aliphatic heterocycles. The number of aryl methyl sites for hydroxylation is 1. The van der Waals surface area contributed by atoms with Gasteiger partial charge in [-0.15, -0.1) is 11.3 Å². The van der Waals surface area contributed by atoms with Gasteiger partial charge in [-0.1, -0.05) is 18.2 Å². The van der Waals surface area contributed by atoms with Crippen LogP contribution in [0.4, 0.5) is 0 Å². The SMILES string of the molecule is Cc1c(C(=O)N(C)C(C)C)sc2ccccc12. The van der Waals surface area contributed by atoms with Crippen LogP contribution in [0.25, 0.3) is 10.1 Å². The van der Waals surface area contributed by atoms with Gasteiger partial charge in [0.25, 0.3) is 5.91 Å². The normalized spacial score (nSPS) is 11.1. The molecule has 17 heavy (non-hydrogen) atoms. The Morgan fingerprint density at radius 1 is 1.29 bits per heavy atom. The lowest BCUT2D eigenvalue weighted by Gasteiger charge is -2.20. The highest BCUT2D eigenvalue weighted by molar-refractivity contribution is 7.21. The van der Waals surface area contributed by atoms with Gasteiger partial charge in [0.1, 0.15) is 0 Å². The zero-order valence-corrected chi connectivity index (χ0v) is 11.5. The van der Waals surface area contributed by atoms with E-state index in [1.165, 1.54) is 10.1 Å². The van der Waals surface area contributed by atoms with Crippen molar-refractivity contribution in [1.82, 2.24) is 4.90 Å². The molecule has 1 amide bonds. The highest BCUT2D eigenvalue weighted by Crippen LogP contribution is 2.31. The van der Waals surface area contributed by atoms with Gasteiger partial charge in [0.2, 0.25) is 0 Å². The third-order valence-electron chi connectivity index (χ3n) is 3.13. The molecular formula is C14H17NOS. The molecular weight excluding hydrogens is 230 g/mol. The van der Waals surface area contributed by atoms with E-state index in [0.29, 0.717) is 0 Å². The Bertz CT molecular complexity index is 556. The summed E-state index contributed by atoms with van der Waals surface area (Å²) < 4.78 is 1.19. The molecule has 0 N–H and O–H groups in total. The highest BCUT2D eigenvalue weighted by Gasteiger charge is 2.20. The van der Waals surface area contributed by atoms with Crippen molar-refractivity contribution in [1.29, 1.82) is 0 Å². The first kappa shape index (κ1) is 12.1. The number of benzene rings is 1. The molecule has 2 rings (SSSR count). The molecule has 0 atom stereocenters. The summed E-state index contributed by atoms with van der Waals surface area (Å²) in [7, 11) is 1.86. The summed E-state index contributed by atoms with van der Waals surface area (Å²) in [4.78, 5) is 15.0. The van der Waals surface area contributed by atoms with Crippen LogP contribution in [-0.4, -0.2) is 23.9 Å². The minimum Gasteiger partial charge on any atom is -0.339 e. The predicted octanol–water partition coefficient (Wildman–Crippen LogP) is 3.69. The van der Waals surface area contributed by atoms with Gasteiger partial charge in [-0.05, 0) is 37.8 Å². The van der Waals surface area contributed by atoms with E-state index in [-0.39, 0.29) is 11.9 Å². The molecule has 3 heteroatoms. The Labute approximate surface area is 106 Å². The lowest BCUT2D eigenvalue weighted by Crippen LogP contribution is -2.32. The number of carbonyl (C=O) groups excluding carboxylic acids is 1. The zero-order valence-electron chi connectivity index (χ0n) is 10.7. The molecule has 0 aliphatic carbocycles. The summed E-state index contributed by atoms with van der Waals surface area (Å²) in [6.45, 7) is 6.08. The Morgan fingerprint density at radius 3 is 2.53 bits per heavy atom. The molecule has 1 heterocycles. The fourth-order valence-electron chi connectivity index (χ4n) is 1.77. The number of hydrogen-bond donors (Lipinski definition) is 0. The molecule has 0 bridgehead atoms. The Hall–Kier alpha value is -1.35. The van der Waals surface area contributed by atoms with E-state index in [1.807, 2.05) is 40.0 Å². The van der Waals surface area contributed by atoms with E-state index in [9.17, 15) is 4.79 Å². The van der Waals surface area contributed by atoms with Crippen molar-refractivity contribution in [2.45, 2.75) is 26.8 Å². The number of amides is 1. The second-order valence-corrected chi connectivity index (χ2v) is 5.61. The van der Waals surface area contributed by atoms with Gasteiger partial charge in [0.15, 0.2) is 0 Å². The molecule has 0 saturated carbocycles. The molecule has 0 fully saturated rings. The molecule has 2 aromatic rings. The van der Waals surface area contributed by atoms with Crippen LogP contribution in [0.15, 0.2) is 24.3 Å². The monoisotopic (exact) mass is 247 g/mol. The Morgan fingerprint density at radius 2 is 1.94 bits per heavy atom. The van der Waals surface area contributed by atoms with E-state index >= 15 is 0 Å². The third-order valence-corrected chi connectivity index (χ3v) is 4.39. The van der Waals surface area contributed by atoms with E-state index < -0.39 is 0 Å². The van der Waals surface area contributed by atoms with Crippen LogP contribution in [0.1, 0.15) is 29.1 Å². The maximum absolute atomic E-state index is 12.3. The second-order valence-electron chi connectivity index (χ2n) is 4.56. The lowest BCUT2D eigenvalue weighted by molar-refractivity contribution is 0.0759. The van der Waals surface area contributed by atoms with Crippen molar-refractivity contribution in [3.8, 4) is 0 Å². The highest BCUT2D eigenvalue weighted by atomic mass is 32.1. The smallest absolute Gasteiger partial charge is 0.264 e. The summed E-state index contributed by atoms with van der Waals surface area (Å²) >= 11 is 1.59. The van der Waals surface area contributed by atoms with Gasteiger partial charge < -0.3 is 4.90 Å². The molecule has 0 spiro atoms. The topological polar surface area (TPSA) is 20.3 Å². The molecule has 0 unspecified atom stereocenters. The quantitative estimate of drug-likeness (QED) is 0.792. The van der Waals surface area contributed by atoms with E-state index in [4.69, 9.17) is 0 Å². The molecule has 0 saturated heterocycles. The average molecular weight is 247 g/mol. The van der Waals surface area contributed by atoms with Crippen molar-refractivity contribution < 1.29 is 4.79 Å². The number of hydrogen-bond acceptors (Lipinski definition) is 2. The number of thiophene rings is 1. The summed E-state index contributed by atoms with van der Waals surface area (Å²) in [5, 5.41) is 1.19. The number of rotatable bonds is 2. The molecule has 1 aromatic carbocycles. The van der Waals surface area contributed by atoms with Crippen LogP contribution in [0, 0.1) is 6.92 Å². The van der Waals surface area contributed by atoms with Crippen LogP contribution in [0.3, 0.4) is 0 Å². The first-order valence-corrected chi connectivity index (χ1v) is 6.59. The summed E-state index contributed by atoms with van der Waals surface area (Å²) in [5.41, 5.74) is 1.10. The average Bonchev–Trinajstić information content (AvgIpc) is 2.65. The van der Waals surface area contributed by atoms with Crippen LogP contribution in [0.2, 0.25) is 0 Å². The van der Waals surface area contributed by atoms with Crippen LogP contribution < -0.4 is 0 Å². The molecule has 2 nitrogen and oxygen atoms in total. The van der Waals surface area contributed by atoms with Crippen molar-refractivity contribution in [2.75, 3.05) is 7.05 Å². The summed E-state index contributed by atoms with van der Waals surface area (Å²) in [5.74, 6) is 0.124. The fraction of sp³-hybridized carbons (Fsp3) is 0.357. The van der Waals surface area contributed by atoms with E-state index in [0.717, 1.165) is 10.4 Å². The minimum absolute atomic E-state index is 0.124. The maximum Gasteiger partial charge on any atom is 0.264 e. The van der Waals surface area contributed by atoms with Gasteiger partial charge in [-0.2, -0.15) is 0 Å². The molecule has 0 radical (unpaired) electrons. The number of nitrogens with zero attached hydrogens (tertiary/aromatic N) is 1. The third kappa shape index (κ3) is 2.07. The predicted molar refractivity (Wildman–Crippen MR) is 73.8 cm³/mol. The van der Waals surface area contributed by atoms with Crippen LogP contribution >= 0.6 is 11.3 Å². The van der Waals surface area contributed by atoms with Gasteiger partial charge in [-0.3, -0.25) is 4.79 Å². The van der Waals surface area contributed by atoms with Gasteiger partial charge in [0.05, 0.1) is 4.88 Å². The number of carbonyl (C=O) groups is 1. The Kier molecular flexibility index (Phi) is 3.20. The second kappa shape index (κ2) is 4.49. The van der Waals surface area contributed by atoms with Crippen molar-refractivity contribution in [2.24, 2.45) is 0 Å². The first-order valence-electron chi connectivity index (χ1n) is 5.77. The van der Waals surface area contributed by atoms with Crippen molar-refractivity contribution in [3.63, 3.8) is 0 Å². The standard InChI is InChI=1S/C14H17NOS/c1-9(2)15(4)14(16)13-10(3)11-7-5-6-8-12(11)17-13/h5-9H,1-4H3. The van der Waals surface area contributed by atoms with Crippen LogP contribution in [-0.2, 0) is 0 Å². The lowest BCUT2D eigenvalue weighted by atomic mass is 10.1. The zero-order chi connectivity index (χ0) is 12.6. The first-order chi connectivity index (χ1) is 8.02. The van der Waals surface area contributed by atoms with Gasteiger partial charge >= 0.3 is 0 Å².